The minimum Gasteiger partial charge on any atom is -0.384 e. The van der Waals surface area contributed by atoms with Crippen LogP contribution in [-0.4, -0.2) is 49.0 Å². The highest BCUT2D eigenvalue weighted by Crippen LogP contribution is 2.32. The highest BCUT2D eigenvalue weighted by molar-refractivity contribution is 5.91. The number of nitrogens with zero attached hydrogens (tertiary/aromatic N) is 2. The fourth-order valence-electron chi connectivity index (χ4n) is 2.83. The Hall–Kier alpha value is -2.35. The van der Waals surface area contributed by atoms with Gasteiger partial charge in [-0.25, -0.2) is 0 Å². The van der Waals surface area contributed by atoms with E-state index in [4.69, 9.17) is 0 Å². The quantitative estimate of drug-likeness (QED) is 0.598. The molecule has 0 unspecified atom stereocenters. The maximum absolute atomic E-state index is 12.8. The van der Waals surface area contributed by atoms with Crippen LogP contribution in [-0.2, 0) is 11.0 Å². The molecular weight excluding hydrogens is 369 g/mol. The number of carbonyl (C=O) groups excluding carboxylic acids is 1. The molecular formula is C20H27F3N4O. The number of anilines is 1. The third-order valence-electron chi connectivity index (χ3n) is 4.49. The number of hydrogen-bond acceptors (Lipinski definition) is 4. The highest BCUT2D eigenvalue weighted by Gasteiger charge is 2.30. The van der Waals surface area contributed by atoms with Crippen molar-refractivity contribution >= 4 is 22.5 Å². The van der Waals surface area contributed by atoms with Crippen molar-refractivity contribution in [3.05, 3.63) is 36.0 Å². The number of fused-ring (bicyclic) bond motifs is 1. The maximum Gasteiger partial charge on any atom is 0.416 e. The SMILES string of the molecule is CCC(=O)NCCN(C)CCCCNc1ccnc2cc(C(F)(F)F)ccc12. The van der Waals surface area contributed by atoms with Gasteiger partial charge in [-0.2, -0.15) is 13.2 Å². The molecule has 5 nitrogen and oxygen atoms in total. The van der Waals surface area contributed by atoms with E-state index in [0.29, 0.717) is 23.9 Å². The number of alkyl halides is 3. The monoisotopic (exact) mass is 396 g/mol. The molecule has 1 heterocycles. The van der Waals surface area contributed by atoms with Gasteiger partial charge in [0.1, 0.15) is 0 Å². The molecule has 154 valence electrons. The molecule has 0 aliphatic rings. The second-order valence-corrected chi connectivity index (χ2v) is 6.73. The van der Waals surface area contributed by atoms with E-state index in [9.17, 15) is 18.0 Å². The summed E-state index contributed by atoms with van der Waals surface area (Å²) in [4.78, 5) is 17.4. The van der Waals surface area contributed by atoms with Gasteiger partial charge in [-0.15, -0.1) is 0 Å². The lowest BCUT2D eigenvalue weighted by Gasteiger charge is -2.17. The van der Waals surface area contributed by atoms with Crippen LogP contribution in [0.2, 0.25) is 0 Å². The van der Waals surface area contributed by atoms with E-state index in [-0.39, 0.29) is 5.91 Å². The first-order valence-electron chi connectivity index (χ1n) is 9.46. The molecule has 0 spiro atoms. The van der Waals surface area contributed by atoms with Gasteiger partial charge in [-0.1, -0.05) is 13.0 Å². The van der Waals surface area contributed by atoms with E-state index in [1.54, 1.807) is 6.07 Å². The largest absolute Gasteiger partial charge is 0.416 e. The summed E-state index contributed by atoms with van der Waals surface area (Å²) in [7, 11) is 2.01. The lowest BCUT2D eigenvalue weighted by molar-refractivity contribution is -0.137. The summed E-state index contributed by atoms with van der Waals surface area (Å²) in [6, 6.07) is 5.40. The number of carbonyl (C=O) groups is 1. The van der Waals surface area contributed by atoms with Crippen LogP contribution in [0.5, 0.6) is 0 Å². The van der Waals surface area contributed by atoms with Crippen molar-refractivity contribution in [3.63, 3.8) is 0 Å². The number of amides is 1. The Kier molecular flexibility index (Phi) is 8.04. The Labute approximate surface area is 163 Å². The fraction of sp³-hybridized carbons (Fsp3) is 0.500. The number of rotatable bonds is 10. The van der Waals surface area contributed by atoms with Crippen LogP contribution in [0.4, 0.5) is 18.9 Å². The first kappa shape index (κ1) is 21.9. The van der Waals surface area contributed by atoms with Crippen molar-refractivity contribution in [2.75, 3.05) is 38.5 Å². The van der Waals surface area contributed by atoms with Gasteiger partial charge in [0, 0.05) is 43.3 Å². The third kappa shape index (κ3) is 6.67. The van der Waals surface area contributed by atoms with Gasteiger partial charge in [0.2, 0.25) is 5.91 Å². The average molecular weight is 396 g/mol. The normalized spacial score (nSPS) is 11.8. The van der Waals surface area contributed by atoms with Gasteiger partial charge < -0.3 is 15.5 Å². The van der Waals surface area contributed by atoms with Crippen molar-refractivity contribution < 1.29 is 18.0 Å². The number of pyridine rings is 1. The zero-order valence-electron chi connectivity index (χ0n) is 16.3. The summed E-state index contributed by atoms with van der Waals surface area (Å²) in [6.07, 6.45) is -0.451. The third-order valence-corrected chi connectivity index (χ3v) is 4.49. The summed E-state index contributed by atoms with van der Waals surface area (Å²) >= 11 is 0. The maximum atomic E-state index is 12.8. The van der Waals surface area contributed by atoms with Gasteiger partial charge in [-0.05, 0) is 44.6 Å². The van der Waals surface area contributed by atoms with Gasteiger partial charge in [-0.3, -0.25) is 9.78 Å². The standard InChI is InChI=1S/C20H27F3N4O/c1-3-19(28)26-11-13-27(2)12-5-4-9-24-17-8-10-25-18-14-15(20(21,22)23)6-7-16(17)18/h6-8,10,14H,3-5,9,11-13H2,1-2H3,(H,24,25)(H,26,28). The summed E-state index contributed by atoms with van der Waals surface area (Å²) in [5.74, 6) is 0.0598. The Morgan fingerprint density at radius 2 is 1.93 bits per heavy atom. The smallest absolute Gasteiger partial charge is 0.384 e. The number of benzene rings is 1. The van der Waals surface area contributed by atoms with Crippen molar-refractivity contribution in [2.24, 2.45) is 0 Å². The Balaban J connectivity index is 1.77. The number of aromatic nitrogens is 1. The molecule has 1 aromatic heterocycles. The molecule has 28 heavy (non-hydrogen) atoms. The Morgan fingerprint density at radius 1 is 1.14 bits per heavy atom. The van der Waals surface area contributed by atoms with Gasteiger partial charge in [0.15, 0.2) is 0 Å². The zero-order chi connectivity index (χ0) is 20.6. The topological polar surface area (TPSA) is 57.3 Å². The second-order valence-electron chi connectivity index (χ2n) is 6.73. The van der Waals surface area contributed by atoms with E-state index in [0.717, 1.165) is 50.3 Å². The summed E-state index contributed by atoms with van der Waals surface area (Å²) in [5.41, 5.74) is 0.422. The number of likely N-dealkylation sites (N-methyl/N-ethyl adjacent to an activating group) is 1. The molecule has 0 saturated carbocycles. The Bertz CT molecular complexity index is 780. The molecule has 1 aromatic carbocycles. The van der Waals surface area contributed by atoms with E-state index in [1.807, 2.05) is 14.0 Å². The summed E-state index contributed by atoms with van der Waals surface area (Å²) in [6.45, 7) is 4.91. The van der Waals surface area contributed by atoms with Crippen molar-refractivity contribution in [1.82, 2.24) is 15.2 Å². The highest BCUT2D eigenvalue weighted by atomic mass is 19.4. The number of nitrogens with one attached hydrogen (secondary N) is 2. The predicted molar refractivity (Wildman–Crippen MR) is 105 cm³/mol. The first-order chi connectivity index (χ1) is 13.3. The number of unbranched alkanes of at least 4 members (excludes halogenated alkanes) is 1. The van der Waals surface area contributed by atoms with Crippen LogP contribution >= 0.6 is 0 Å². The van der Waals surface area contributed by atoms with Crippen LogP contribution in [0, 0.1) is 0 Å². The van der Waals surface area contributed by atoms with Crippen molar-refractivity contribution in [2.45, 2.75) is 32.4 Å². The van der Waals surface area contributed by atoms with Crippen LogP contribution in [0.3, 0.4) is 0 Å². The number of halogens is 3. The van der Waals surface area contributed by atoms with E-state index >= 15 is 0 Å². The van der Waals surface area contributed by atoms with Crippen LogP contribution in [0.1, 0.15) is 31.7 Å². The first-order valence-corrected chi connectivity index (χ1v) is 9.46. The molecule has 0 saturated heterocycles. The molecule has 0 atom stereocenters. The molecule has 1 amide bonds. The molecule has 2 N–H and O–H groups in total. The minimum absolute atomic E-state index is 0.0598. The molecule has 0 fully saturated rings. The lowest BCUT2D eigenvalue weighted by Crippen LogP contribution is -2.33. The fourth-order valence-corrected chi connectivity index (χ4v) is 2.83. The molecule has 8 heteroatoms. The van der Waals surface area contributed by atoms with E-state index in [2.05, 4.69) is 20.5 Å². The summed E-state index contributed by atoms with van der Waals surface area (Å²) in [5, 5.41) is 6.82. The molecule has 2 aromatic rings. The molecule has 0 aliphatic heterocycles. The predicted octanol–water partition coefficient (Wildman–Crippen LogP) is 3.90. The molecule has 0 bridgehead atoms. The second kappa shape index (κ2) is 10.3. The van der Waals surface area contributed by atoms with Gasteiger partial charge >= 0.3 is 6.18 Å². The molecule has 0 aliphatic carbocycles. The minimum atomic E-state index is -4.37. The van der Waals surface area contributed by atoms with Gasteiger partial charge in [0.25, 0.3) is 0 Å². The van der Waals surface area contributed by atoms with Crippen LogP contribution in [0.15, 0.2) is 30.5 Å². The lowest BCUT2D eigenvalue weighted by atomic mass is 10.1. The molecule has 0 radical (unpaired) electrons. The van der Waals surface area contributed by atoms with Gasteiger partial charge in [0.05, 0.1) is 11.1 Å². The molecule has 2 rings (SSSR count). The number of hydrogen-bond donors (Lipinski definition) is 2. The van der Waals surface area contributed by atoms with Crippen LogP contribution < -0.4 is 10.6 Å². The van der Waals surface area contributed by atoms with E-state index in [1.165, 1.54) is 12.3 Å². The summed E-state index contributed by atoms with van der Waals surface area (Å²) < 4.78 is 38.5. The van der Waals surface area contributed by atoms with Crippen LogP contribution in [0.25, 0.3) is 10.9 Å². The van der Waals surface area contributed by atoms with Crippen molar-refractivity contribution in [3.8, 4) is 0 Å². The zero-order valence-corrected chi connectivity index (χ0v) is 16.3. The van der Waals surface area contributed by atoms with E-state index < -0.39 is 11.7 Å². The Morgan fingerprint density at radius 3 is 2.64 bits per heavy atom. The van der Waals surface area contributed by atoms with Crippen molar-refractivity contribution in [1.29, 1.82) is 0 Å². The average Bonchev–Trinajstić information content (AvgIpc) is 2.66.